The quantitative estimate of drug-likeness (QED) is 0.571. The molecule has 0 aromatic carbocycles. The summed E-state index contributed by atoms with van der Waals surface area (Å²) in [5.74, 6) is 0. The largest absolute Gasteiger partial charge is 0.386 e. The van der Waals surface area contributed by atoms with Crippen molar-refractivity contribution in [3.63, 3.8) is 0 Å². The highest BCUT2D eigenvalue weighted by atomic mass is 32.2. The fraction of sp³-hybridized carbons (Fsp3) is 1.00. The van der Waals surface area contributed by atoms with E-state index in [-0.39, 0.29) is 12.6 Å². The molecule has 1 heterocycles. The summed E-state index contributed by atoms with van der Waals surface area (Å²) in [6.45, 7) is 4.17. The molecule has 1 fully saturated rings. The van der Waals surface area contributed by atoms with E-state index in [1.54, 1.807) is 13.8 Å². The van der Waals surface area contributed by atoms with Gasteiger partial charge in [0.25, 0.3) is 10.2 Å². The van der Waals surface area contributed by atoms with Gasteiger partial charge in [-0.25, -0.2) is 4.72 Å². The van der Waals surface area contributed by atoms with Crippen LogP contribution in [0.15, 0.2) is 0 Å². The second-order valence-corrected chi connectivity index (χ2v) is 5.27. The summed E-state index contributed by atoms with van der Waals surface area (Å²) < 4.78 is 32.3. The van der Waals surface area contributed by atoms with E-state index < -0.39 is 15.8 Å². The first-order valence-electron chi connectivity index (χ1n) is 4.98. The number of ether oxygens (including phenoxy) is 1. The highest BCUT2D eigenvalue weighted by Crippen LogP contribution is 2.24. The monoisotopic (exact) mass is 238 g/mol. The van der Waals surface area contributed by atoms with E-state index in [1.165, 1.54) is 0 Å². The number of aliphatic hydroxyl groups is 1. The Labute approximate surface area is 90.2 Å². The van der Waals surface area contributed by atoms with Gasteiger partial charge in [0, 0.05) is 26.1 Å². The van der Waals surface area contributed by atoms with Crippen LogP contribution in [0.25, 0.3) is 0 Å². The van der Waals surface area contributed by atoms with Gasteiger partial charge in [0.2, 0.25) is 0 Å². The lowest BCUT2D eigenvalue weighted by Gasteiger charge is -2.25. The summed E-state index contributed by atoms with van der Waals surface area (Å²) >= 11 is 0. The first-order chi connectivity index (χ1) is 6.90. The summed E-state index contributed by atoms with van der Waals surface area (Å²) in [4.78, 5) is 0. The minimum absolute atomic E-state index is 0.0243. The molecule has 0 spiro atoms. The number of rotatable bonds is 5. The van der Waals surface area contributed by atoms with Gasteiger partial charge in [-0.15, -0.1) is 0 Å². The molecular weight excluding hydrogens is 220 g/mol. The van der Waals surface area contributed by atoms with Crippen LogP contribution in [0, 0.1) is 0 Å². The van der Waals surface area contributed by atoms with Gasteiger partial charge >= 0.3 is 0 Å². The molecule has 1 rings (SSSR count). The maximum absolute atomic E-state index is 11.3. The maximum atomic E-state index is 11.3. The van der Waals surface area contributed by atoms with E-state index in [1.807, 2.05) is 0 Å². The Balaban J connectivity index is 2.49. The van der Waals surface area contributed by atoms with Gasteiger partial charge in [0.1, 0.15) is 5.60 Å². The van der Waals surface area contributed by atoms with E-state index in [9.17, 15) is 13.5 Å². The molecule has 0 saturated carbocycles. The molecule has 0 bridgehead atoms. The van der Waals surface area contributed by atoms with Crippen molar-refractivity contribution >= 4 is 10.2 Å². The summed E-state index contributed by atoms with van der Waals surface area (Å²) in [5.41, 5.74) is -1.09. The summed E-state index contributed by atoms with van der Waals surface area (Å²) in [6.07, 6.45) is 0.102. The van der Waals surface area contributed by atoms with Gasteiger partial charge in [-0.05, 0) is 6.92 Å². The van der Waals surface area contributed by atoms with Gasteiger partial charge in [0.05, 0.1) is 6.10 Å². The molecule has 6 nitrogen and oxygen atoms in total. The first kappa shape index (κ1) is 12.9. The van der Waals surface area contributed by atoms with Crippen molar-refractivity contribution < 1.29 is 18.3 Å². The van der Waals surface area contributed by atoms with Crippen LogP contribution in [0.5, 0.6) is 0 Å². The van der Waals surface area contributed by atoms with Crippen LogP contribution < -0.4 is 9.44 Å². The predicted octanol–water partition coefficient (Wildman–Crippen LogP) is -1.03. The van der Waals surface area contributed by atoms with Crippen molar-refractivity contribution in [1.29, 1.82) is 0 Å². The average molecular weight is 238 g/mol. The Morgan fingerprint density at radius 3 is 2.67 bits per heavy atom. The molecule has 0 radical (unpaired) electrons. The van der Waals surface area contributed by atoms with Gasteiger partial charge in [-0.1, -0.05) is 6.92 Å². The lowest BCUT2D eigenvalue weighted by Crippen LogP contribution is -2.50. The van der Waals surface area contributed by atoms with Crippen LogP contribution in [0.3, 0.4) is 0 Å². The summed E-state index contributed by atoms with van der Waals surface area (Å²) in [6, 6.07) is 0. The minimum Gasteiger partial charge on any atom is -0.386 e. The molecule has 1 aliphatic heterocycles. The smallest absolute Gasteiger partial charge is 0.276 e. The van der Waals surface area contributed by atoms with Crippen LogP contribution in [-0.2, 0) is 14.9 Å². The molecule has 1 aliphatic rings. The third-order valence-electron chi connectivity index (χ3n) is 2.56. The molecule has 90 valence electrons. The molecular formula is C8H18N2O4S. The third kappa shape index (κ3) is 3.39. The Kier molecular flexibility index (Phi) is 4.07. The SMILES string of the molecule is CCNS(=O)(=O)NCC1(O)CCOC1C. The van der Waals surface area contributed by atoms with E-state index in [0.29, 0.717) is 19.6 Å². The molecule has 0 aliphatic carbocycles. The van der Waals surface area contributed by atoms with Crippen LogP contribution in [0.4, 0.5) is 0 Å². The normalized spacial score (nSPS) is 32.1. The fourth-order valence-corrected chi connectivity index (χ4v) is 2.39. The molecule has 2 unspecified atom stereocenters. The lowest BCUT2D eigenvalue weighted by molar-refractivity contribution is -0.0228. The third-order valence-corrected chi connectivity index (χ3v) is 3.76. The van der Waals surface area contributed by atoms with Crippen molar-refractivity contribution in [3.05, 3.63) is 0 Å². The second kappa shape index (κ2) is 4.75. The van der Waals surface area contributed by atoms with Gasteiger partial charge in [-0.3, -0.25) is 0 Å². The lowest BCUT2D eigenvalue weighted by atomic mass is 9.97. The van der Waals surface area contributed by atoms with E-state index in [4.69, 9.17) is 4.74 Å². The van der Waals surface area contributed by atoms with Crippen molar-refractivity contribution in [2.24, 2.45) is 0 Å². The Hall–Kier alpha value is -0.210. The highest BCUT2D eigenvalue weighted by molar-refractivity contribution is 7.87. The Morgan fingerprint density at radius 2 is 2.20 bits per heavy atom. The van der Waals surface area contributed by atoms with E-state index >= 15 is 0 Å². The predicted molar refractivity (Wildman–Crippen MR) is 55.6 cm³/mol. The highest BCUT2D eigenvalue weighted by Gasteiger charge is 2.40. The van der Waals surface area contributed by atoms with E-state index in [0.717, 1.165) is 0 Å². The Morgan fingerprint density at radius 1 is 1.53 bits per heavy atom. The molecule has 15 heavy (non-hydrogen) atoms. The van der Waals surface area contributed by atoms with E-state index in [2.05, 4.69) is 9.44 Å². The zero-order chi connectivity index (χ0) is 11.5. The van der Waals surface area contributed by atoms with Gasteiger partial charge < -0.3 is 9.84 Å². The van der Waals surface area contributed by atoms with Crippen LogP contribution in [-0.4, -0.2) is 44.9 Å². The number of nitrogens with one attached hydrogen (secondary N) is 2. The average Bonchev–Trinajstić information content (AvgIpc) is 2.45. The first-order valence-corrected chi connectivity index (χ1v) is 6.46. The summed E-state index contributed by atoms with van der Waals surface area (Å²) in [7, 11) is -3.50. The maximum Gasteiger partial charge on any atom is 0.276 e. The molecule has 0 aromatic rings. The van der Waals surface area contributed by atoms with Crippen molar-refractivity contribution in [2.75, 3.05) is 19.7 Å². The van der Waals surface area contributed by atoms with Crippen LogP contribution in [0.2, 0.25) is 0 Å². The zero-order valence-corrected chi connectivity index (χ0v) is 9.80. The molecule has 7 heteroatoms. The van der Waals surface area contributed by atoms with Gasteiger partial charge in [0.15, 0.2) is 0 Å². The molecule has 2 atom stereocenters. The van der Waals surface area contributed by atoms with Gasteiger partial charge in [-0.2, -0.15) is 13.1 Å². The van der Waals surface area contributed by atoms with Crippen LogP contribution >= 0.6 is 0 Å². The Bertz CT molecular complexity index is 306. The van der Waals surface area contributed by atoms with Crippen LogP contribution in [0.1, 0.15) is 20.3 Å². The molecule has 1 saturated heterocycles. The molecule has 0 aromatic heterocycles. The van der Waals surface area contributed by atoms with Crippen molar-refractivity contribution in [3.8, 4) is 0 Å². The summed E-state index contributed by atoms with van der Waals surface area (Å²) in [5, 5.41) is 10.0. The second-order valence-electron chi connectivity index (χ2n) is 3.69. The molecule has 0 amide bonds. The molecule has 3 N–H and O–H groups in total. The fourth-order valence-electron chi connectivity index (χ4n) is 1.46. The standard InChI is InChI=1S/C8H18N2O4S/c1-3-9-15(12,13)10-6-8(11)4-5-14-7(8)2/h7,9-11H,3-6H2,1-2H3. The number of hydrogen-bond donors (Lipinski definition) is 3. The topological polar surface area (TPSA) is 87.7 Å². The minimum atomic E-state index is -3.50. The van der Waals surface area contributed by atoms with Crippen molar-refractivity contribution in [2.45, 2.75) is 32.0 Å². The number of hydrogen-bond acceptors (Lipinski definition) is 4. The zero-order valence-electron chi connectivity index (χ0n) is 8.99. The van der Waals surface area contributed by atoms with Crippen molar-refractivity contribution in [1.82, 2.24) is 9.44 Å².